The molecule has 0 aliphatic heterocycles. The Morgan fingerprint density at radius 1 is 1.30 bits per heavy atom. The Labute approximate surface area is 117 Å². The monoisotopic (exact) mass is 285 g/mol. The highest BCUT2D eigenvalue weighted by molar-refractivity contribution is 5.75. The van der Waals surface area contributed by atoms with E-state index < -0.39 is 18.2 Å². The fourth-order valence-electron chi connectivity index (χ4n) is 1.71. The minimum atomic E-state index is -1.92. The molecule has 0 aliphatic carbocycles. The number of carbonyl (C=O) groups excluding carboxylic acids is 1. The zero-order valence-corrected chi connectivity index (χ0v) is 11.9. The van der Waals surface area contributed by atoms with Gasteiger partial charge in [-0.25, -0.2) is 9.18 Å². The molecular formula is C14H20FNO4. The number of hydrogen-bond acceptors (Lipinski definition) is 5. The maximum absolute atomic E-state index is 13.9. The molecule has 6 heteroatoms. The molecule has 0 radical (unpaired) electrons. The van der Waals surface area contributed by atoms with E-state index in [1.807, 2.05) is 6.92 Å². The van der Waals surface area contributed by atoms with Crippen molar-refractivity contribution in [3.05, 3.63) is 23.8 Å². The van der Waals surface area contributed by atoms with E-state index in [1.54, 1.807) is 25.1 Å². The summed E-state index contributed by atoms with van der Waals surface area (Å²) >= 11 is 0. The summed E-state index contributed by atoms with van der Waals surface area (Å²) in [5.74, 6) is 0.0159. The Hall–Kier alpha value is -1.82. The van der Waals surface area contributed by atoms with Gasteiger partial charge >= 0.3 is 5.97 Å². The van der Waals surface area contributed by atoms with Crippen molar-refractivity contribution in [3.63, 3.8) is 0 Å². The molecule has 20 heavy (non-hydrogen) atoms. The van der Waals surface area contributed by atoms with E-state index in [2.05, 4.69) is 4.74 Å². The molecule has 1 aromatic rings. The Morgan fingerprint density at radius 3 is 2.55 bits per heavy atom. The van der Waals surface area contributed by atoms with Gasteiger partial charge in [-0.05, 0) is 31.5 Å². The van der Waals surface area contributed by atoms with Crippen molar-refractivity contribution in [2.24, 2.45) is 5.73 Å². The predicted molar refractivity (Wildman–Crippen MR) is 72.6 cm³/mol. The third kappa shape index (κ3) is 3.84. The topological polar surface area (TPSA) is 70.8 Å². The second-order valence-corrected chi connectivity index (χ2v) is 4.02. The molecule has 0 aromatic heterocycles. The van der Waals surface area contributed by atoms with Gasteiger partial charge in [-0.2, -0.15) is 0 Å². The first kappa shape index (κ1) is 16.2. The van der Waals surface area contributed by atoms with E-state index in [1.165, 1.54) is 7.11 Å². The largest absolute Gasteiger partial charge is 0.493 e. The Kier molecular flexibility index (Phi) is 6.24. The summed E-state index contributed by atoms with van der Waals surface area (Å²) in [6, 6.07) is 3.67. The molecule has 0 saturated carbocycles. The Balaban J connectivity index is 2.95. The average Bonchev–Trinajstić information content (AvgIpc) is 2.46. The minimum absolute atomic E-state index is 0.110. The van der Waals surface area contributed by atoms with Gasteiger partial charge in [0.15, 0.2) is 11.5 Å². The highest BCUT2D eigenvalue weighted by atomic mass is 19.1. The normalized spacial score (nSPS) is 13.4. The molecule has 2 atom stereocenters. The predicted octanol–water partition coefficient (Wildman–Crippen LogP) is 1.99. The van der Waals surface area contributed by atoms with Crippen molar-refractivity contribution in [2.45, 2.75) is 26.1 Å². The van der Waals surface area contributed by atoms with E-state index in [0.717, 1.165) is 0 Å². The van der Waals surface area contributed by atoms with Gasteiger partial charge in [-0.3, -0.25) is 0 Å². The summed E-state index contributed by atoms with van der Waals surface area (Å²) in [4.78, 5) is 11.4. The molecule has 0 fully saturated rings. The van der Waals surface area contributed by atoms with E-state index in [4.69, 9.17) is 15.2 Å². The van der Waals surface area contributed by atoms with Gasteiger partial charge in [0.1, 0.15) is 0 Å². The first-order chi connectivity index (χ1) is 9.54. The van der Waals surface area contributed by atoms with Gasteiger partial charge in [-0.1, -0.05) is 6.07 Å². The van der Waals surface area contributed by atoms with Crippen molar-refractivity contribution in [2.75, 3.05) is 20.3 Å². The third-order valence-electron chi connectivity index (χ3n) is 2.70. The molecule has 1 unspecified atom stereocenters. The maximum Gasteiger partial charge on any atom is 0.342 e. The lowest BCUT2D eigenvalue weighted by Crippen LogP contribution is -2.31. The van der Waals surface area contributed by atoms with Crippen LogP contribution in [-0.4, -0.2) is 32.5 Å². The van der Waals surface area contributed by atoms with Crippen molar-refractivity contribution < 1.29 is 23.4 Å². The van der Waals surface area contributed by atoms with Gasteiger partial charge < -0.3 is 19.9 Å². The molecule has 0 amide bonds. The molecule has 0 bridgehead atoms. The van der Waals surface area contributed by atoms with Crippen LogP contribution in [-0.2, 0) is 9.53 Å². The standard InChI is InChI=1S/C14H20FNO4/c1-4-19-11-8-9(6-7-10(11)18-3)13(16)12(15)14(17)20-5-2/h6-8,12-13H,4-5,16H2,1-3H3/t12?,13-/m1/s1. The van der Waals surface area contributed by atoms with Crippen LogP contribution >= 0.6 is 0 Å². The van der Waals surface area contributed by atoms with E-state index in [0.29, 0.717) is 23.7 Å². The number of esters is 1. The van der Waals surface area contributed by atoms with Crippen molar-refractivity contribution >= 4 is 5.97 Å². The van der Waals surface area contributed by atoms with E-state index in [9.17, 15) is 9.18 Å². The fraction of sp³-hybridized carbons (Fsp3) is 0.500. The van der Waals surface area contributed by atoms with E-state index >= 15 is 0 Å². The summed E-state index contributed by atoms with van der Waals surface area (Å²) in [6.07, 6.45) is -1.92. The summed E-state index contributed by atoms with van der Waals surface area (Å²) in [5.41, 5.74) is 6.19. The smallest absolute Gasteiger partial charge is 0.342 e. The van der Waals surface area contributed by atoms with Crippen molar-refractivity contribution in [1.82, 2.24) is 0 Å². The number of hydrogen-bond donors (Lipinski definition) is 1. The lowest BCUT2D eigenvalue weighted by atomic mass is 10.0. The second kappa shape index (κ2) is 7.69. The number of alkyl halides is 1. The highest BCUT2D eigenvalue weighted by Gasteiger charge is 2.28. The summed E-state index contributed by atoms with van der Waals surface area (Å²) in [6.45, 7) is 3.98. The van der Waals surface area contributed by atoms with Crippen LogP contribution in [0.2, 0.25) is 0 Å². The first-order valence-corrected chi connectivity index (χ1v) is 6.42. The highest BCUT2D eigenvalue weighted by Crippen LogP contribution is 2.31. The van der Waals surface area contributed by atoms with Gasteiger partial charge in [0.05, 0.1) is 26.4 Å². The number of carbonyl (C=O) groups is 1. The van der Waals surface area contributed by atoms with Crippen LogP contribution in [0.15, 0.2) is 18.2 Å². The molecule has 1 aromatic carbocycles. The van der Waals surface area contributed by atoms with Gasteiger partial charge in [0.25, 0.3) is 0 Å². The van der Waals surface area contributed by atoms with Crippen LogP contribution in [0.25, 0.3) is 0 Å². The van der Waals surface area contributed by atoms with Crippen LogP contribution in [0.4, 0.5) is 4.39 Å². The zero-order chi connectivity index (χ0) is 15.1. The van der Waals surface area contributed by atoms with Crippen LogP contribution in [0.3, 0.4) is 0 Å². The molecule has 2 N–H and O–H groups in total. The van der Waals surface area contributed by atoms with E-state index in [-0.39, 0.29) is 6.61 Å². The van der Waals surface area contributed by atoms with Gasteiger partial charge in [0, 0.05) is 0 Å². The molecular weight excluding hydrogens is 265 g/mol. The Bertz CT molecular complexity index is 453. The fourth-order valence-corrected chi connectivity index (χ4v) is 1.71. The zero-order valence-electron chi connectivity index (χ0n) is 11.9. The molecule has 0 spiro atoms. The minimum Gasteiger partial charge on any atom is -0.493 e. The molecule has 112 valence electrons. The molecule has 5 nitrogen and oxygen atoms in total. The van der Waals surface area contributed by atoms with Crippen molar-refractivity contribution in [1.29, 1.82) is 0 Å². The van der Waals surface area contributed by atoms with Crippen molar-refractivity contribution in [3.8, 4) is 11.5 Å². The first-order valence-electron chi connectivity index (χ1n) is 6.42. The van der Waals surface area contributed by atoms with Gasteiger partial charge in [-0.15, -0.1) is 0 Å². The summed E-state index contributed by atoms with van der Waals surface area (Å²) in [7, 11) is 1.51. The Morgan fingerprint density at radius 2 is 2.00 bits per heavy atom. The quantitative estimate of drug-likeness (QED) is 0.776. The summed E-state index contributed by atoms with van der Waals surface area (Å²) in [5, 5.41) is 0. The van der Waals surface area contributed by atoms with Crippen LogP contribution in [0, 0.1) is 0 Å². The molecule has 1 rings (SSSR count). The number of benzene rings is 1. The van der Waals surface area contributed by atoms with Crippen LogP contribution in [0.5, 0.6) is 11.5 Å². The van der Waals surface area contributed by atoms with Crippen LogP contribution < -0.4 is 15.2 Å². The third-order valence-corrected chi connectivity index (χ3v) is 2.70. The maximum atomic E-state index is 13.9. The number of methoxy groups -OCH3 is 1. The molecule has 0 heterocycles. The van der Waals surface area contributed by atoms with Crippen LogP contribution in [0.1, 0.15) is 25.5 Å². The molecule has 0 aliphatic rings. The summed E-state index contributed by atoms with van der Waals surface area (Å²) < 4.78 is 29.0. The number of rotatable bonds is 7. The average molecular weight is 285 g/mol. The number of nitrogens with two attached hydrogens (primary N) is 1. The lowest BCUT2D eigenvalue weighted by Gasteiger charge is -2.18. The second-order valence-electron chi connectivity index (χ2n) is 4.02. The number of halogens is 1. The number of ether oxygens (including phenoxy) is 3. The lowest BCUT2D eigenvalue weighted by molar-refractivity contribution is -0.149. The molecule has 0 saturated heterocycles. The SMILES string of the molecule is CCOC(=O)C(F)[C@H](N)c1ccc(OC)c(OCC)c1. The van der Waals surface area contributed by atoms with Gasteiger partial charge in [0.2, 0.25) is 6.17 Å².